The second-order valence-electron chi connectivity index (χ2n) is 5.84. The van der Waals surface area contributed by atoms with E-state index in [1.165, 1.54) is 6.07 Å². The molecule has 1 aromatic heterocycles. The van der Waals surface area contributed by atoms with E-state index in [9.17, 15) is 14.3 Å². The van der Waals surface area contributed by atoms with Gasteiger partial charge in [-0.25, -0.2) is 4.39 Å². The minimum atomic E-state index is -0.847. The van der Waals surface area contributed by atoms with E-state index < -0.39 is 17.2 Å². The predicted octanol–water partition coefficient (Wildman–Crippen LogP) is 3.79. The number of ether oxygens (including phenoxy) is 1. The van der Waals surface area contributed by atoms with Crippen LogP contribution < -0.4 is 4.74 Å². The van der Waals surface area contributed by atoms with Crippen molar-refractivity contribution in [2.75, 3.05) is 6.61 Å². The van der Waals surface area contributed by atoms with Crippen LogP contribution in [0.4, 0.5) is 4.39 Å². The van der Waals surface area contributed by atoms with Gasteiger partial charge in [-0.2, -0.15) is 0 Å². The Kier molecular flexibility index (Phi) is 4.03. The summed E-state index contributed by atoms with van der Waals surface area (Å²) in [6.07, 6.45) is 5.15. The summed E-state index contributed by atoms with van der Waals surface area (Å²) in [6.45, 7) is 2.52. The Balaban J connectivity index is 1.92. The van der Waals surface area contributed by atoms with Crippen molar-refractivity contribution in [2.45, 2.75) is 31.6 Å². The Morgan fingerprint density at radius 3 is 2.74 bits per heavy atom. The number of rotatable bonds is 6. The van der Waals surface area contributed by atoms with Gasteiger partial charge in [0, 0.05) is 29.6 Å². The van der Waals surface area contributed by atoms with Crippen LogP contribution in [0, 0.1) is 5.82 Å². The number of pyridine rings is 1. The van der Waals surface area contributed by atoms with E-state index >= 15 is 0 Å². The summed E-state index contributed by atoms with van der Waals surface area (Å²) in [7, 11) is 0. The lowest BCUT2D eigenvalue weighted by Crippen LogP contribution is -2.19. The van der Waals surface area contributed by atoms with Crippen LogP contribution >= 0.6 is 0 Å². The molecule has 1 fully saturated rings. The molecule has 23 heavy (non-hydrogen) atoms. The standard InChI is InChI=1S/C18H18FNO3/c1-2-7-23-14-3-4-15(16(19)9-14)12-8-13(11-20-10-12)18(5-6-18)17(21)22/h3-4,8-11H,2,5-7H2,1H3,(H,21,22). The fourth-order valence-corrected chi connectivity index (χ4v) is 2.64. The fraction of sp³-hybridized carbons (Fsp3) is 0.333. The number of carboxylic acid groups (broad SMARTS) is 1. The van der Waals surface area contributed by atoms with Crippen LogP contribution in [-0.4, -0.2) is 22.7 Å². The van der Waals surface area contributed by atoms with E-state index in [0.717, 1.165) is 6.42 Å². The molecule has 5 heteroatoms. The lowest BCUT2D eigenvalue weighted by atomic mass is 9.95. The highest BCUT2D eigenvalue weighted by Gasteiger charge is 2.52. The van der Waals surface area contributed by atoms with Crippen molar-refractivity contribution in [3.8, 4) is 16.9 Å². The number of hydrogen-bond acceptors (Lipinski definition) is 3. The number of benzene rings is 1. The Hall–Kier alpha value is -2.43. The minimum absolute atomic E-state index is 0.393. The molecule has 4 nitrogen and oxygen atoms in total. The lowest BCUT2D eigenvalue weighted by molar-refractivity contribution is -0.140. The van der Waals surface area contributed by atoms with Crippen molar-refractivity contribution >= 4 is 5.97 Å². The van der Waals surface area contributed by atoms with Crippen molar-refractivity contribution in [3.63, 3.8) is 0 Å². The smallest absolute Gasteiger partial charge is 0.314 e. The summed E-state index contributed by atoms with van der Waals surface area (Å²) >= 11 is 0. The summed E-state index contributed by atoms with van der Waals surface area (Å²) < 4.78 is 19.8. The molecule has 3 rings (SSSR count). The molecule has 0 spiro atoms. The summed E-state index contributed by atoms with van der Waals surface area (Å²) in [5.74, 6) is -0.764. The minimum Gasteiger partial charge on any atom is -0.494 e. The van der Waals surface area contributed by atoms with Gasteiger partial charge < -0.3 is 9.84 Å². The highest BCUT2D eigenvalue weighted by molar-refractivity contribution is 5.85. The summed E-state index contributed by atoms with van der Waals surface area (Å²) in [4.78, 5) is 15.5. The number of aromatic nitrogens is 1. The number of nitrogens with zero attached hydrogens (tertiary/aromatic N) is 1. The van der Waals surface area contributed by atoms with Gasteiger partial charge >= 0.3 is 5.97 Å². The molecule has 0 amide bonds. The molecule has 0 aliphatic heterocycles. The maximum absolute atomic E-state index is 14.3. The van der Waals surface area contributed by atoms with Crippen LogP contribution in [-0.2, 0) is 10.2 Å². The molecule has 1 aromatic carbocycles. The third kappa shape index (κ3) is 2.91. The third-order valence-electron chi connectivity index (χ3n) is 4.17. The van der Waals surface area contributed by atoms with Crippen LogP contribution in [0.5, 0.6) is 5.75 Å². The molecule has 0 saturated heterocycles. The largest absolute Gasteiger partial charge is 0.494 e. The fourth-order valence-electron chi connectivity index (χ4n) is 2.64. The third-order valence-corrected chi connectivity index (χ3v) is 4.17. The number of hydrogen-bond donors (Lipinski definition) is 1. The molecule has 1 aliphatic carbocycles. The SMILES string of the molecule is CCCOc1ccc(-c2cncc(C3(C(=O)O)CC3)c2)c(F)c1. The number of carbonyl (C=O) groups is 1. The van der Waals surface area contributed by atoms with E-state index in [4.69, 9.17) is 4.74 Å². The molecule has 0 radical (unpaired) electrons. The molecule has 0 unspecified atom stereocenters. The molecular formula is C18H18FNO3. The first kappa shape index (κ1) is 15.5. The monoisotopic (exact) mass is 315 g/mol. The molecule has 0 bridgehead atoms. The van der Waals surface area contributed by atoms with Gasteiger partial charge in [0.05, 0.1) is 12.0 Å². The van der Waals surface area contributed by atoms with E-state index in [2.05, 4.69) is 4.98 Å². The van der Waals surface area contributed by atoms with Crippen LogP contribution in [0.1, 0.15) is 31.7 Å². The van der Waals surface area contributed by atoms with Gasteiger partial charge in [-0.1, -0.05) is 6.92 Å². The maximum Gasteiger partial charge on any atom is 0.314 e. The first-order valence-electron chi connectivity index (χ1n) is 7.68. The second-order valence-corrected chi connectivity index (χ2v) is 5.84. The van der Waals surface area contributed by atoms with E-state index in [-0.39, 0.29) is 0 Å². The van der Waals surface area contributed by atoms with Crippen molar-refractivity contribution in [3.05, 3.63) is 48.0 Å². The van der Waals surface area contributed by atoms with Crippen molar-refractivity contribution in [2.24, 2.45) is 0 Å². The van der Waals surface area contributed by atoms with Crippen molar-refractivity contribution in [1.29, 1.82) is 0 Å². The van der Waals surface area contributed by atoms with Crippen LogP contribution in [0.2, 0.25) is 0 Å². The van der Waals surface area contributed by atoms with Crippen LogP contribution in [0.25, 0.3) is 11.1 Å². The van der Waals surface area contributed by atoms with Crippen LogP contribution in [0.3, 0.4) is 0 Å². The van der Waals surface area contributed by atoms with E-state index in [1.54, 1.807) is 30.6 Å². The summed E-state index contributed by atoms with van der Waals surface area (Å²) in [5, 5.41) is 9.37. The van der Waals surface area contributed by atoms with Crippen molar-refractivity contribution in [1.82, 2.24) is 4.98 Å². The normalized spacial score (nSPS) is 15.2. The summed E-state index contributed by atoms with van der Waals surface area (Å²) in [6, 6.07) is 6.42. The number of aliphatic carboxylic acids is 1. The average molecular weight is 315 g/mol. The van der Waals surface area contributed by atoms with Crippen LogP contribution in [0.15, 0.2) is 36.7 Å². The zero-order valence-corrected chi connectivity index (χ0v) is 12.9. The second kappa shape index (κ2) is 5.99. The molecule has 1 aliphatic rings. The Labute approximate surface area is 133 Å². The van der Waals surface area contributed by atoms with Gasteiger partial charge in [-0.15, -0.1) is 0 Å². The number of halogens is 1. The molecule has 2 aromatic rings. The number of carboxylic acids is 1. The Morgan fingerprint density at radius 2 is 2.13 bits per heavy atom. The van der Waals surface area contributed by atoms with E-state index in [1.807, 2.05) is 6.92 Å². The summed E-state index contributed by atoms with van der Waals surface area (Å²) in [5.41, 5.74) is 0.760. The van der Waals surface area contributed by atoms with Gasteiger partial charge in [0.1, 0.15) is 11.6 Å². The van der Waals surface area contributed by atoms with Gasteiger partial charge in [0.25, 0.3) is 0 Å². The first-order chi connectivity index (χ1) is 11.1. The van der Waals surface area contributed by atoms with Crippen molar-refractivity contribution < 1.29 is 19.0 Å². The maximum atomic E-state index is 14.3. The Morgan fingerprint density at radius 1 is 1.35 bits per heavy atom. The van der Waals surface area contributed by atoms with Gasteiger partial charge in [0.15, 0.2) is 0 Å². The first-order valence-corrected chi connectivity index (χ1v) is 7.68. The predicted molar refractivity (Wildman–Crippen MR) is 84.0 cm³/mol. The average Bonchev–Trinajstić information content (AvgIpc) is 3.35. The molecule has 0 atom stereocenters. The Bertz CT molecular complexity index is 741. The van der Waals surface area contributed by atoms with Gasteiger partial charge in [-0.05, 0) is 43.0 Å². The molecule has 1 heterocycles. The quantitative estimate of drug-likeness (QED) is 0.881. The zero-order valence-electron chi connectivity index (χ0n) is 12.9. The molecular weight excluding hydrogens is 297 g/mol. The molecule has 1 saturated carbocycles. The molecule has 120 valence electrons. The van der Waals surface area contributed by atoms with Gasteiger partial charge in [0.2, 0.25) is 0 Å². The molecule has 1 N–H and O–H groups in total. The van der Waals surface area contributed by atoms with E-state index in [0.29, 0.717) is 41.9 Å². The zero-order chi connectivity index (χ0) is 16.4. The lowest BCUT2D eigenvalue weighted by Gasteiger charge is -2.12. The van der Waals surface area contributed by atoms with Gasteiger partial charge in [-0.3, -0.25) is 9.78 Å². The highest BCUT2D eigenvalue weighted by Crippen LogP contribution is 2.48. The topological polar surface area (TPSA) is 59.4 Å². The highest BCUT2D eigenvalue weighted by atomic mass is 19.1.